The Balaban J connectivity index is 1.99. The zero-order valence-electron chi connectivity index (χ0n) is 21.4. The van der Waals surface area contributed by atoms with Crippen LogP contribution in [0.1, 0.15) is 32.3 Å². The lowest BCUT2D eigenvalue weighted by Gasteiger charge is -2.24. The number of ether oxygens (including phenoxy) is 1. The molecule has 0 fully saturated rings. The predicted octanol–water partition coefficient (Wildman–Crippen LogP) is 7.62. The zero-order valence-corrected chi connectivity index (χ0v) is 22.4. The SMILES string of the molecule is C=C(C)C(=O)OCc1cc(-c2ccc(-c3ccc([Si](C)(C)CCCC)c(F)c3F)c(F)c2F)ccc1O. The molecule has 8 heteroatoms. The van der Waals surface area contributed by atoms with Crippen molar-refractivity contribution in [2.24, 2.45) is 0 Å². The molecule has 0 aliphatic carbocycles. The van der Waals surface area contributed by atoms with E-state index in [-0.39, 0.29) is 40.2 Å². The third kappa shape index (κ3) is 5.96. The van der Waals surface area contributed by atoms with Gasteiger partial charge < -0.3 is 9.84 Å². The highest BCUT2D eigenvalue weighted by atomic mass is 28.3. The molecule has 1 N–H and O–H groups in total. The van der Waals surface area contributed by atoms with Crippen molar-refractivity contribution in [2.75, 3.05) is 0 Å². The molecular weight excluding hydrogens is 500 g/mol. The predicted molar refractivity (Wildman–Crippen MR) is 140 cm³/mol. The molecule has 3 nitrogen and oxygen atoms in total. The second-order valence-electron chi connectivity index (χ2n) is 9.76. The topological polar surface area (TPSA) is 46.5 Å². The first kappa shape index (κ1) is 28.2. The molecule has 0 unspecified atom stereocenters. The molecule has 3 aromatic carbocycles. The van der Waals surface area contributed by atoms with Gasteiger partial charge in [0.2, 0.25) is 0 Å². The Kier molecular flexibility index (Phi) is 8.63. The van der Waals surface area contributed by atoms with Crippen LogP contribution in [0.15, 0.2) is 54.6 Å². The minimum atomic E-state index is -2.25. The molecule has 3 rings (SSSR count). The molecule has 0 heterocycles. The van der Waals surface area contributed by atoms with Crippen LogP contribution in [-0.2, 0) is 16.1 Å². The summed E-state index contributed by atoms with van der Waals surface area (Å²) >= 11 is 0. The van der Waals surface area contributed by atoms with Crippen molar-refractivity contribution in [1.29, 1.82) is 0 Å². The van der Waals surface area contributed by atoms with Crippen molar-refractivity contribution >= 4 is 19.2 Å². The van der Waals surface area contributed by atoms with Crippen LogP contribution < -0.4 is 5.19 Å². The molecule has 0 saturated heterocycles. The van der Waals surface area contributed by atoms with Gasteiger partial charge in [-0.15, -0.1) is 0 Å². The van der Waals surface area contributed by atoms with E-state index in [9.17, 15) is 9.90 Å². The maximum Gasteiger partial charge on any atom is 0.333 e. The van der Waals surface area contributed by atoms with E-state index in [0.29, 0.717) is 5.19 Å². The molecule has 0 spiro atoms. The summed E-state index contributed by atoms with van der Waals surface area (Å²) < 4.78 is 65.6. The number of unbranched alkanes of at least 4 members (excludes halogenated alkanes) is 1. The molecular formula is C29H30F4O3Si. The van der Waals surface area contributed by atoms with Crippen LogP contribution in [0.4, 0.5) is 17.6 Å². The fraction of sp³-hybridized carbons (Fsp3) is 0.276. The molecule has 0 aliphatic heterocycles. The summed E-state index contributed by atoms with van der Waals surface area (Å²) in [6.07, 6.45) is 1.84. The molecule has 0 radical (unpaired) electrons. The van der Waals surface area contributed by atoms with Gasteiger partial charge in [0.15, 0.2) is 23.3 Å². The number of benzene rings is 3. The van der Waals surface area contributed by atoms with E-state index in [4.69, 9.17) is 4.74 Å². The van der Waals surface area contributed by atoms with Gasteiger partial charge in [0, 0.05) is 27.8 Å². The highest BCUT2D eigenvalue weighted by molar-refractivity contribution is 6.89. The van der Waals surface area contributed by atoms with E-state index in [0.717, 1.165) is 18.9 Å². The summed E-state index contributed by atoms with van der Waals surface area (Å²) in [5.41, 5.74) is -0.362. The maximum absolute atomic E-state index is 15.2. The number of phenols is 1. The minimum absolute atomic E-state index is 0.153. The number of hydrogen-bond donors (Lipinski definition) is 1. The Labute approximate surface area is 215 Å². The van der Waals surface area contributed by atoms with E-state index >= 15 is 17.6 Å². The van der Waals surface area contributed by atoms with Crippen molar-refractivity contribution in [1.82, 2.24) is 0 Å². The largest absolute Gasteiger partial charge is 0.508 e. The van der Waals surface area contributed by atoms with Gasteiger partial charge in [0.25, 0.3) is 0 Å². The van der Waals surface area contributed by atoms with Crippen LogP contribution in [0.3, 0.4) is 0 Å². The Morgan fingerprint density at radius 2 is 1.49 bits per heavy atom. The Morgan fingerprint density at radius 3 is 2.11 bits per heavy atom. The number of esters is 1. The van der Waals surface area contributed by atoms with Gasteiger partial charge in [-0.3, -0.25) is 0 Å². The quantitative estimate of drug-likeness (QED) is 0.134. The number of hydrogen-bond acceptors (Lipinski definition) is 3. The van der Waals surface area contributed by atoms with Crippen LogP contribution in [0.2, 0.25) is 19.1 Å². The number of halogens is 4. The lowest BCUT2D eigenvalue weighted by molar-refractivity contribution is -0.140. The molecule has 0 saturated carbocycles. The fourth-order valence-electron chi connectivity index (χ4n) is 4.15. The van der Waals surface area contributed by atoms with Crippen LogP contribution >= 0.6 is 0 Å². The number of rotatable bonds is 9. The van der Waals surface area contributed by atoms with Crippen LogP contribution in [-0.4, -0.2) is 19.1 Å². The van der Waals surface area contributed by atoms with Gasteiger partial charge in [-0.05, 0) is 29.8 Å². The third-order valence-electron chi connectivity index (χ3n) is 6.44. The Hall–Kier alpha value is -3.39. The summed E-state index contributed by atoms with van der Waals surface area (Å²) in [6.45, 7) is 10.6. The summed E-state index contributed by atoms with van der Waals surface area (Å²) in [5, 5.41) is 10.4. The smallest absolute Gasteiger partial charge is 0.333 e. The van der Waals surface area contributed by atoms with Gasteiger partial charge in [-0.25, -0.2) is 22.4 Å². The normalized spacial score (nSPS) is 11.5. The molecule has 0 aromatic heterocycles. The number of carbonyl (C=O) groups is 1. The minimum Gasteiger partial charge on any atom is -0.508 e. The van der Waals surface area contributed by atoms with Crippen LogP contribution in [0.5, 0.6) is 5.75 Å². The van der Waals surface area contributed by atoms with Gasteiger partial charge in [-0.1, -0.05) is 75.8 Å². The van der Waals surface area contributed by atoms with Crippen molar-refractivity contribution in [2.45, 2.75) is 52.4 Å². The molecule has 0 amide bonds. The second-order valence-corrected chi connectivity index (χ2v) is 14.6. The van der Waals surface area contributed by atoms with Crippen molar-refractivity contribution < 1.29 is 32.2 Å². The summed E-state index contributed by atoms with van der Waals surface area (Å²) in [5.74, 6) is -5.65. The van der Waals surface area contributed by atoms with Gasteiger partial charge in [-0.2, -0.15) is 0 Å². The van der Waals surface area contributed by atoms with Crippen LogP contribution in [0, 0.1) is 23.3 Å². The lowest BCUT2D eigenvalue weighted by atomic mass is 9.97. The summed E-state index contributed by atoms with van der Waals surface area (Å²) in [4.78, 5) is 11.7. The van der Waals surface area contributed by atoms with E-state index < -0.39 is 42.9 Å². The first-order valence-corrected chi connectivity index (χ1v) is 15.2. The van der Waals surface area contributed by atoms with E-state index in [1.54, 1.807) is 0 Å². The van der Waals surface area contributed by atoms with Gasteiger partial charge in [0.05, 0.1) is 8.07 Å². The van der Waals surface area contributed by atoms with E-state index in [1.165, 1.54) is 49.4 Å². The Morgan fingerprint density at radius 1 is 0.919 bits per heavy atom. The van der Waals surface area contributed by atoms with Gasteiger partial charge in [0.1, 0.15) is 12.4 Å². The van der Waals surface area contributed by atoms with Gasteiger partial charge >= 0.3 is 5.97 Å². The monoisotopic (exact) mass is 530 g/mol. The first-order chi connectivity index (χ1) is 17.4. The first-order valence-electron chi connectivity index (χ1n) is 12.0. The summed E-state index contributed by atoms with van der Waals surface area (Å²) in [6, 6.07) is 10.0. The number of aromatic hydroxyl groups is 1. The third-order valence-corrected chi connectivity index (χ3v) is 9.88. The molecule has 3 aromatic rings. The van der Waals surface area contributed by atoms with E-state index in [2.05, 4.69) is 6.58 Å². The van der Waals surface area contributed by atoms with Crippen molar-refractivity contribution in [3.63, 3.8) is 0 Å². The fourth-order valence-corrected chi connectivity index (χ4v) is 6.89. The second kappa shape index (κ2) is 11.3. The average molecular weight is 531 g/mol. The van der Waals surface area contributed by atoms with E-state index in [1.807, 2.05) is 20.0 Å². The standard InChI is InChI=1S/C29H30F4O3Si/c1-6-7-14-37(4,5)24-13-11-22(27(32)28(24)33)21-10-9-20(25(30)26(21)31)18-8-12-23(34)19(15-18)16-36-29(35)17(2)3/h8-13,15,34H,2,6-7,14,16H2,1,3-5H3. The highest BCUT2D eigenvalue weighted by Crippen LogP contribution is 2.35. The molecule has 196 valence electrons. The Bertz CT molecular complexity index is 1350. The number of phenolic OH excluding ortho intramolecular Hbond substituents is 1. The average Bonchev–Trinajstić information content (AvgIpc) is 2.85. The highest BCUT2D eigenvalue weighted by Gasteiger charge is 2.30. The molecule has 0 bridgehead atoms. The molecule has 37 heavy (non-hydrogen) atoms. The van der Waals surface area contributed by atoms with Crippen molar-refractivity contribution in [3.8, 4) is 28.0 Å². The molecule has 0 aliphatic rings. The van der Waals surface area contributed by atoms with Crippen LogP contribution in [0.25, 0.3) is 22.3 Å². The summed E-state index contributed by atoms with van der Waals surface area (Å²) in [7, 11) is -2.25. The molecule has 0 atom stereocenters. The zero-order chi connectivity index (χ0) is 27.5. The van der Waals surface area contributed by atoms with Crippen molar-refractivity contribution in [3.05, 3.63) is 83.4 Å². The lowest BCUT2D eigenvalue weighted by Crippen LogP contribution is -2.43. The maximum atomic E-state index is 15.2. The number of carbonyl (C=O) groups excluding carboxylic acids is 1.